The Balaban J connectivity index is 0.00000108. The van der Waals surface area contributed by atoms with Crippen LogP contribution in [-0.2, 0) is 17.6 Å². The number of hydrogen-bond donors (Lipinski definition) is 1. The molecular formula is C14H18ClNO. The molecule has 0 amide bonds. The Morgan fingerprint density at radius 2 is 1.76 bits per heavy atom. The molecular weight excluding hydrogens is 234 g/mol. The predicted octanol–water partition coefficient (Wildman–Crippen LogP) is 2.24. The van der Waals surface area contributed by atoms with Gasteiger partial charge in [0.1, 0.15) is 5.78 Å². The molecule has 1 fully saturated rings. The normalized spacial score (nSPS) is 19.9. The maximum Gasteiger partial charge on any atom is 0.141 e. The van der Waals surface area contributed by atoms with E-state index >= 15 is 0 Å². The number of piperidine rings is 1. The maximum atomic E-state index is 11.4. The first-order valence-corrected chi connectivity index (χ1v) is 6.17. The Bertz CT molecular complexity index is 424. The molecule has 0 saturated carbocycles. The van der Waals surface area contributed by atoms with Gasteiger partial charge in [0.2, 0.25) is 0 Å². The SMILES string of the molecule is Cl.O=C1Cc2ccc(C3CCNCC3)cc2C1. The lowest BCUT2D eigenvalue weighted by Crippen LogP contribution is -2.26. The van der Waals surface area contributed by atoms with E-state index in [1.807, 2.05) is 0 Å². The van der Waals surface area contributed by atoms with Crippen LogP contribution in [-0.4, -0.2) is 18.9 Å². The summed E-state index contributed by atoms with van der Waals surface area (Å²) in [5.74, 6) is 1.07. The monoisotopic (exact) mass is 251 g/mol. The van der Waals surface area contributed by atoms with Crippen molar-refractivity contribution in [2.45, 2.75) is 31.6 Å². The van der Waals surface area contributed by atoms with E-state index in [-0.39, 0.29) is 12.4 Å². The Labute approximate surface area is 108 Å². The zero-order valence-corrected chi connectivity index (χ0v) is 10.7. The Morgan fingerprint density at radius 3 is 2.53 bits per heavy atom. The van der Waals surface area contributed by atoms with Gasteiger partial charge in [-0.05, 0) is 48.5 Å². The van der Waals surface area contributed by atoms with E-state index in [0.717, 1.165) is 13.1 Å². The topological polar surface area (TPSA) is 29.1 Å². The number of ketones is 1. The average Bonchev–Trinajstić information content (AvgIpc) is 2.69. The first kappa shape index (κ1) is 12.6. The number of nitrogens with one attached hydrogen (secondary N) is 1. The van der Waals surface area contributed by atoms with Crippen molar-refractivity contribution in [3.63, 3.8) is 0 Å². The van der Waals surface area contributed by atoms with Crippen molar-refractivity contribution < 1.29 is 4.79 Å². The molecule has 0 spiro atoms. The van der Waals surface area contributed by atoms with Gasteiger partial charge in [0.15, 0.2) is 0 Å². The highest BCUT2D eigenvalue weighted by molar-refractivity contribution is 5.88. The molecule has 0 radical (unpaired) electrons. The second-order valence-electron chi connectivity index (χ2n) is 4.94. The van der Waals surface area contributed by atoms with Gasteiger partial charge in [0, 0.05) is 12.8 Å². The summed E-state index contributed by atoms with van der Waals surface area (Å²) >= 11 is 0. The minimum atomic E-state index is 0. The first-order chi connectivity index (χ1) is 7.83. The van der Waals surface area contributed by atoms with Crippen LogP contribution in [0.2, 0.25) is 0 Å². The van der Waals surface area contributed by atoms with E-state index in [1.54, 1.807) is 0 Å². The molecule has 1 aromatic carbocycles. The summed E-state index contributed by atoms with van der Waals surface area (Å²) in [6.07, 6.45) is 3.77. The molecule has 1 heterocycles. The van der Waals surface area contributed by atoms with Crippen molar-refractivity contribution in [1.29, 1.82) is 0 Å². The minimum Gasteiger partial charge on any atom is -0.317 e. The van der Waals surface area contributed by atoms with Gasteiger partial charge in [-0.3, -0.25) is 4.79 Å². The fraction of sp³-hybridized carbons (Fsp3) is 0.500. The summed E-state index contributed by atoms with van der Waals surface area (Å²) in [5, 5.41) is 3.39. The van der Waals surface area contributed by atoms with Crippen LogP contribution in [0.15, 0.2) is 18.2 Å². The summed E-state index contributed by atoms with van der Waals surface area (Å²) in [6, 6.07) is 6.67. The molecule has 0 bridgehead atoms. The molecule has 3 heteroatoms. The van der Waals surface area contributed by atoms with Gasteiger partial charge < -0.3 is 5.32 Å². The molecule has 2 nitrogen and oxygen atoms in total. The number of halogens is 1. The predicted molar refractivity (Wildman–Crippen MR) is 70.9 cm³/mol. The molecule has 1 aromatic rings. The molecule has 0 atom stereocenters. The van der Waals surface area contributed by atoms with Gasteiger partial charge in [-0.1, -0.05) is 18.2 Å². The van der Waals surface area contributed by atoms with Crippen molar-refractivity contribution in [3.05, 3.63) is 34.9 Å². The lowest BCUT2D eigenvalue weighted by atomic mass is 9.88. The van der Waals surface area contributed by atoms with Crippen LogP contribution in [0.1, 0.15) is 35.4 Å². The quantitative estimate of drug-likeness (QED) is 0.830. The van der Waals surface area contributed by atoms with Crippen molar-refractivity contribution in [2.24, 2.45) is 0 Å². The highest BCUT2D eigenvalue weighted by Gasteiger charge is 2.21. The molecule has 1 aliphatic heterocycles. The van der Waals surface area contributed by atoms with Crippen molar-refractivity contribution in [3.8, 4) is 0 Å². The molecule has 3 rings (SSSR count). The standard InChI is InChI=1S/C14H17NO.ClH/c16-14-8-12-2-1-11(7-13(12)9-14)10-3-5-15-6-4-10;/h1-2,7,10,15H,3-6,8-9H2;1H. The third-order valence-corrected chi connectivity index (χ3v) is 3.82. The second kappa shape index (κ2) is 5.19. The van der Waals surface area contributed by atoms with Gasteiger partial charge in [-0.2, -0.15) is 0 Å². The van der Waals surface area contributed by atoms with Crippen LogP contribution in [0.3, 0.4) is 0 Å². The Morgan fingerprint density at radius 1 is 1.06 bits per heavy atom. The number of rotatable bonds is 1. The highest BCUT2D eigenvalue weighted by Crippen LogP contribution is 2.29. The van der Waals surface area contributed by atoms with Crippen LogP contribution in [0.5, 0.6) is 0 Å². The summed E-state index contributed by atoms with van der Waals surface area (Å²) < 4.78 is 0. The molecule has 0 unspecified atom stereocenters. The summed E-state index contributed by atoms with van der Waals surface area (Å²) in [6.45, 7) is 2.25. The van der Waals surface area contributed by atoms with Crippen molar-refractivity contribution >= 4 is 18.2 Å². The van der Waals surface area contributed by atoms with Crippen LogP contribution >= 0.6 is 12.4 Å². The molecule has 1 saturated heterocycles. The van der Waals surface area contributed by atoms with Crippen molar-refractivity contribution in [2.75, 3.05) is 13.1 Å². The lowest BCUT2D eigenvalue weighted by molar-refractivity contribution is -0.117. The largest absolute Gasteiger partial charge is 0.317 e. The zero-order valence-electron chi connectivity index (χ0n) is 9.87. The second-order valence-corrected chi connectivity index (χ2v) is 4.94. The van der Waals surface area contributed by atoms with Crippen molar-refractivity contribution in [1.82, 2.24) is 5.32 Å². The summed E-state index contributed by atoms with van der Waals surface area (Å²) in [4.78, 5) is 11.4. The zero-order chi connectivity index (χ0) is 11.0. The number of hydrogen-bond acceptors (Lipinski definition) is 2. The van der Waals surface area contributed by atoms with Gasteiger partial charge in [-0.25, -0.2) is 0 Å². The molecule has 1 aliphatic carbocycles. The Hall–Kier alpha value is -0.860. The van der Waals surface area contributed by atoms with E-state index in [1.165, 1.54) is 29.5 Å². The van der Waals surface area contributed by atoms with Crippen LogP contribution < -0.4 is 5.32 Å². The van der Waals surface area contributed by atoms with Gasteiger partial charge in [0.25, 0.3) is 0 Å². The smallest absolute Gasteiger partial charge is 0.141 e. The number of benzene rings is 1. The molecule has 0 aromatic heterocycles. The molecule has 92 valence electrons. The van der Waals surface area contributed by atoms with E-state index in [2.05, 4.69) is 23.5 Å². The van der Waals surface area contributed by atoms with Crippen LogP contribution in [0.4, 0.5) is 0 Å². The molecule has 1 N–H and O–H groups in total. The van der Waals surface area contributed by atoms with Gasteiger partial charge in [-0.15, -0.1) is 12.4 Å². The van der Waals surface area contributed by atoms with Gasteiger partial charge >= 0.3 is 0 Å². The fourth-order valence-corrected chi connectivity index (χ4v) is 2.88. The number of carbonyl (C=O) groups is 1. The van der Waals surface area contributed by atoms with Crippen LogP contribution in [0.25, 0.3) is 0 Å². The summed E-state index contributed by atoms with van der Waals surface area (Å²) in [7, 11) is 0. The average molecular weight is 252 g/mol. The molecule has 17 heavy (non-hydrogen) atoms. The van der Waals surface area contributed by atoms with E-state index in [9.17, 15) is 4.79 Å². The number of fused-ring (bicyclic) bond motifs is 1. The first-order valence-electron chi connectivity index (χ1n) is 6.17. The summed E-state index contributed by atoms with van der Waals surface area (Å²) in [5.41, 5.74) is 3.97. The van der Waals surface area contributed by atoms with Gasteiger partial charge in [0.05, 0.1) is 0 Å². The highest BCUT2D eigenvalue weighted by atomic mass is 35.5. The fourth-order valence-electron chi connectivity index (χ4n) is 2.88. The minimum absolute atomic E-state index is 0. The van der Waals surface area contributed by atoms with E-state index in [4.69, 9.17) is 0 Å². The van der Waals surface area contributed by atoms with E-state index < -0.39 is 0 Å². The lowest BCUT2D eigenvalue weighted by Gasteiger charge is -2.23. The molecule has 2 aliphatic rings. The third kappa shape index (κ3) is 2.53. The number of Topliss-reactive ketones (excluding diaryl/α,β-unsaturated/α-hetero) is 1. The third-order valence-electron chi connectivity index (χ3n) is 3.82. The Kier molecular flexibility index (Phi) is 3.85. The van der Waals surface area contributed by atoms with Crippen LogP contribution in [0, 0.1) is 0 Å². The number of carbonyl (C=O) groups excluding carboxylic acids is 1. The van der Waals surface area contributed by atoms with E-state index in [0.29, 0.717) is 24.5 Å². The maximum absolute atomic E-state index is 11.4.